The van der Waals surface area contributed by atoms with Gasteiger partial charge in [-0.1, -0.05) is 65.1 Å². The van der Waals surface area contributed by atoms with E-state index >= 15 is 0 Å². The summed E-state index contributed by atoms with van der Waals surface area (Å²) in [7, 11) is 0. The van der Waals surface area contributed by atoms with Gasteiger partial charge in [-0.25, -0.2) is 0 Å². The molecule has 0 aromatic heterocycles. The molecule has 0 atom stereocenters. The molecule has 0 radical (unpaired) electrons. The van der Waals surface area contributed by atoms with E-state index in [9.17, 15) is 14.4 Å². The number of rotatable bonds is 9. The van der Waals surface area contributed by atoms with Gasteiger partial charge in [0.05, 0.1) is 15.8 Å². The lowest BCUT2D eigenvalue weighted by Gasteiger charge is -2.12. The first kappa shape index (κ1) is 28.5. The lowest BCUT2D eigenvalue weighted by Crippen LogP contribution is -2.30. The Balaban J connectivity index is 1.44. The van der Waals surface area contributed by atoms with Crippen LogP contribution >= 0.6 is 46.6 Å². The van der Waals surface area contributed by atoms with Crippen LogP contribution in [-0.4, -0.2) is 23.4 Å². The molecule has 39 heavy (non-hydrogen) atoms. The van der Waals surface area contributed by atoms with Gasteiger partial charge in [-0.3, -0.25) is 14.4 Å². The largest absolute Gasteiger partial charge is 0.321 e. The van der Waals surface area contributed by atoms with E-state index in [0.29, 0.717) is 37.4 Å². The Morgan fingerprint density at radius 1 is 0.744 bits per heavy atom. The van der Waals surface area contributed by atoms with Crippen LogP contribution in [0.15, 0.2) is 108 Å². The molecular weight excluding hydrogens is 575 g/mol. The molecule has 0 fully saturated rings. The predicted molar refractivity (Wildman–Crippen MR) is 160 cm³/mol. The minimum Gasteiger partial charge on any atom is -0.321 e. The number of hydrogen-bond donors (Lipinski definition) is 2. The van der Waals surface area contributed by atoms with Crippen molar-refractivity contribution in [3.05, 3.63) is 135 Å². The summed E-state index contributed by atoms with van der Waals surface area (Å²) in [6.45, 7) is 0. The molecule has 0 aliphatic carbocycles. The highest BCUT2D eigenvalue weighted by Gasteiger charge is 2.15. The van der Waals surface area contributed by atoms with E-state index in [0.717, 1.165) is 4.90 Å². The normalized spacial score (nSPS) is 11.1. The minimum absolute atomic E-state index is 0.0526. The maximum atomic E-state index is 13.2. The fourth-order valence-corrected chi connectivity index (χ4v) is 4.73. The van der Waals surface area contributed by atoms with Crippen LogP contribution in [0.5, 0.6) is 0 Å². The first-order chi connectivity index (χ1) is 18.8. The second-order valence-corrected chi connectivity index (χ2v) is 10.6. The number of amides is 2. The van der Waals surface area contributed by atoms with Crippen LogP contribution in [0.4, 0.5) is 5.69 Å². The molecule has 0 aliphatic rings. The molecule has 9 heteroatoms. The summed E-state index contributed by atoms with van der Waals surface area (Å²) in [6.07, 6.45) is 1.56. The molecule has 4 aromatic rings. The molecule has 0 spiro atoms. The van der Waals surface area contributed by atoms with Crippen LogP contribution in [0.2, 0.25) is 15.1 Å². The number of benzene rings is 4. The lowest BCUT2D eigenvalue weighted by atomic mass is 10.1. The van der Waals surface area contributed by atoms with E-state index < -0.39 is 11.8 Å². The van der Waals surface area contributed by atoms with Crippen molar-refractivity contribution >= 4 is 75.9 Å². The van der Waals surface area contributed by atoms with Gasteiger partial charge < -0.3 is 10.6 Å². The summed E-state index contributed by atoms with van der Waals surface area (Å²) in [6, 6.07) is 27.4. The molecule has 0 bridgehead atoms. The number of carbonyl (C=O) groups is 3. The average Bonchev–Trinajstić information content (AvgIpc) is 2.94. The second kappa shape index (κ2) is 13.5. The minimum atomic E-state index is -0.505. The number of nitrogens with one attached hydrogen (secondary N) is 2. The van der Waals surface area contributed by atoms with Crippen LogP contribution in [0, 0.1) is 0 Å². The summed E-state index contributed by atoms with van der Waals surface area (Å²) in [5, 5.41) is 6.73. The standard InChI is InChI=1S/C30H21Cl3N2O3S/c31-22-8-4-5-19(15-22)16-27(35-29(37)20-6-2-1-3-7-20)30(38)34-23-10-12-24(13-11-23)39-18-28(36)21-9-14-25(32)26(33)17-21/h1-17H,18H2,(H,34,38)(H,35,37)/b27-16-. The highest BCUT2D eigenvalue weighted by Crippen LogP contribution is 2.25. The van der Waals surface area contributed by atoms with Crippen molar-refractivity contribution < 1.29 is 14.4 Å². The van der Waals surface area contributed by atoms with E-state index in [1.165, 1.54) is 11.8 Å². The van der Waals surface area contributed by atoms with Gasteiger partial charge in [0.2, 0.25) is 0 Å². The molecular formula is C30H21Cl3N2O3S. The number of anilines is 1. The van der Waals surface area contributed by atoms with Gasteiger partial charge in [0.25, 0.3) is 11.8 Å². The van der Waals surface area contributed by atoms with E-state index in [4.69, 9.17) is 34.8 Å². The van der Waals surface area contributed by atoms with Gasteiger partial charge in [-0.15, -0.1) is 11.8 Å². The highest BCUT2D eigenvalue weighted by molar-refractivity contribution is 8.00. The van der Waals surface area contributed by atoms with Crippen molar-refractivity contribution in [1.29, 1.82) is 0 Å². The number of thioether (sulfide) groups is 1. The zero-order valence-corrected chi connectivity index (χ0v) is 23.4. The van der Waals surface area contributed by atoms with Gasteiger partial charge >= 0.3 is 0 Å². The van der Waals surface area contributed by atoms with Crippen LogP contribution in [-0.2, 0) is 4.79 Å². The SMILES string of the molecule is O=C(Nc1ccc(SCC(=O)c2ccc(Cl)c(Cl)c2)cc1)/C(=C/c1cccc(Cl)c1)NC(=O)c1ccccc1. The molecule has 0 aliphatic heterocycles. The van der Waals surface area contributed by atoms with Gasteiger partial charge in [-0.05, 0) is 78.4 Å². The van der Waals surface area contributed by atoms with Crippen molar-refractivity contribution in [3.8, 4) is 0 Å². The Morgan fingerprint density at radius 3 is 2.18 bits per heavy atom. The van der Waals surface area contributed by atoms with E-state index in [-0.39, 0.29) is 17.2 Å². The zero-order chi connectivity index (χ0) is 27.8. The van der Waals surface area contributed by atoms with Gasteiger partial charge in [0.15, 0.2) is 5.78 Å². The highest BCUT2D eigenvalue weighted by atomic mass is 35.5. The first-order valence-electron chi connectivity index (χ1n) is 11.6. The molecule has 0 saturated heterocycles. The third-order valence-electron chi connectivity index (χ3n) is 5.41. The quantitative estimate of drug-likeness (QED) is 0.117. The summed E-state index contributed by atoms with van der Waals surface area (Å²) in [4.78, 5) is 39.3. The van der Waals surface area contributed by atoms with Crippen LogP contribution in [0.1, 0.15) is 26.3 Å². The van der Waals surface area contributed by atoms with Gasteiger partial charge in [0.1, 0.15) is 5.70 Å². The Hall–Kier alpha value is -3.55. The van der Waals surface area contributed by atoms with Gasteiger partial charge in [0, 0.05) is 26.7 Å². The lowest BCUT2D eigenvalue weighted by molar-refractivity contribution is -0.113. The molecule has 196 valence electrons. The molecule has 0 heterocycles. The third-order valence-corrected chi connectivity index (χ3v) is 7.40. The third kappa shape index (κ3) is 8.22. The molecule has 2 amide bonds. The van der Waals surface area contributed by atoms with E-state index in [2.05, 4.69) is 10.6 Å². The van der Waals surface area contributed by atoms with Crippen molar-refractivity contribution in [2.45, 2.75) is 4.90 Å². The van der Waals surface area contributed by atoms with Crippen molar-refractivity contribution in [1.82, 2.24) is 5.32 Å². The van der Waals surface area contributed by atoms with Crippen LogP contribution in [0.3, 0.4) is 0 Å². The summed E-state index contributed by atoms with van der Waals surface area (Å²) in [5.74, 6) is -0.797. The van der Waals surface area contributed by atoms with Crippen LogP contribution in [0.25, 0.3) is 6.08 Å². The smallest absolute Gasteiger partial charge is 0.272 e. The maximum Gasteiger partial charge on any atom is 0.272 e. The Bertz CT molecular complexity index is 1540. The van der Waals surface area contributed by atoms with Gasteiger partial charge in [-0.2, -0.15) is 0 Å². The molecule has 2 N–H and O–H groups in total. The number of ketones is 1. The maximum absolute atomic E-state index is 13.2. The molecule has 4 rings (SSSR count). The van der Waals surface area contributed by atoms with Crippen LogP contribution < -0.4 is 10.6 Å². The molecule has 5 nitrogen and oxygen atoms in total. The summed E-state index contributed by atoms with van der Waals surface area (Å²) < 4.78 is 0. The number of carbonyl (C=O) groups excluding carboxylic acids is 3. The fraction of sp³-hybridized carbons (Fsp3) is 0.0333. The van der Waals surface area contributed by atoms with Crippen molar-refractivity contribution in [2.24, 2.45) is 0 Å². The number of hydrogen-bond acceptors (Lipinski definition) is 4. The van der Waals surface area contributed by atoms with Crippen molar-refractivity contribution in [3.63, 3.8) is 0 Å². The number of Topliss-reactive ketones (excluding diaryl/α,β-unsaturated/α-hetero) is 1. The average molecular weight is 596 g/mol. The van der Waals surface area contributed by atoms with E-state index in [1.54, 1.807) is 103 Å². The van der Waals surface area contributed by atoms with Crippen molar-refractivity contribution in [2.75, 3.05) is 11.1 Å². The fourth-order valence-electron chi connectivity index (χ4n) is 3.44. The number of halogens is 3. The molecule has 0 saturated carbocycles. The van der Waals surface area contributed by atoms with E-state index in [1.807, 2.05) is 0 Å². The summed E-state index contributed by atoms with van der Waals surface area (Å²) >= 11 is 19.4. The molecule has 0 unspecified atom stereocenters. The Labute approximate surface area is 245 Å². The zero-order valence-electron chi connectivity index (χ0n) is 20.3. The Kier molecular flexibility index (Phi) is 9.85. The second-order valence-electron chi connectivity index (χ2n) is 8.25. The topological polar surface area (TPSA) is 75.3 Å². The predicted octanol–water partition coefficient (Wildman–Crippen LogP) is 8.03. The summed E-state index contributed by atoms with van der Waals surface area (Å²) in [5.41, 5.74) is 2.12. The monoisotopic (exact) mass is 594 g/mol. The molecule has 4 aromatic carbocycles. The first-order valence-corrected chi connectivity index (χ1v) is 13.8. The Morgan fingerprint density at radius 2 is 1.49 bits per heavy atom.